The lowest BCUT2D eigenvalue weighted by molar-refractivity contribution is 0.0894. The molecule has 1 aliphatic carbocycles. The Morgan fingerprint density at radius 2 is 2.09 bits per heavy atom. The Labute approximate surface area is 195 Å². The first-order valence-electron chi connectivity index (χ1n) is 10.3. The zero-order valence-electron chi connectivity index (χ0n) is 18.1. The highest BCUT2D eigenvalue weighted by Gasteiger charge is 2.37. The number of pyridine rings is 1. The molecule has 3 aromatic rings. The lowest BCUT2D eigenvalue weighted by Gasteiger charge is -2.17. The molecule has 4 rings (SSSR count). The quantitative estimate of drug-likeness (QED) is 0.456. The molecule has 3 heterocycles. The molecule has 1 N–H and O–H groups in total. The summed E-state index contributed by atoms with van der Waals surface area (Å²) in [7, 11) is -1.88. The van der Waals surface area contributed by atoms with Gasteiger partial charge in [-0.1, -0.05) is 0 Å². The number of ether oxygens (including phenoxy) is 2. The third kappa shape index (κ3) is 5.34. The second-order valence-electron chi connectivity index (χ2n) is 7.35. The number of nitrogens with zero attached hydrogens (tertiary/aromatic N) is 4. The summed E-state index contributed by atoms with van der Waals surface area (Å²) in [6.07, 6.45) is 7.41. The zero-order chi connectivity index (χ0) is 23.4. The van der Waals surface area contributed by atoms with Crippen molar-refractivity contribution in [3.63, 3.8) is 0 Å². The molecule has 0 bridgehead atoms. The number of sulfone groups is 1. The minimum atomic E-state index is -3.38. The van der Waals surface area contributed by atoms with Gasteiger partial charge in [0, 0.05) is 19.5 Å². The predicted molar refractivity (Wildman–Crippen MR) is 121 cm³/mol. The van der Waals surface area contributed by atoms with Crippen molar-refractivity contribution in [1.29, 1.82) is 0 Å². The highest BCUT2D eigenvalue weighted by atomic mass is 32.2. The number of aromatic nitrogens is 4. The first-order chi connectivity index (χ1) is 15.9. The summed E-state index contributed by atoms with van der Waals surface area (Å²) in [6, 6.07) is 2.33. The van der Waals surface area contributed by atoms with Gasteiger partial charge in [0.05, 0.1) is 52.4 Å². The molecule has 1 unspecified atom stereocenters. The van der Waals surface area contributed by atoms with Crippen molar-refractivity contribution < 1.29 is 22.7 Å². The molecule has 0 aromatic carbocycles. The molecule has 1 fully saturated rings. The van der Waals surface area contributed by atoms with E-state index in [1.54, 1.807) is 12.4 Å². The number of amides is 1. The fourth-order valence-corrected chi connectivity index (χ4v) is 5.59. The van der Waals surface area contributed by atoms with Crippen LogP contribution >= 0.6 is 11.3 Å². The maximum absolute atomic E-state index is 12.9. The average molecular weight is 490 g/mol. The normalized spacial score (nSPS) is 14.6. The first kappa shape index (κ1) is 23.2. The van der Waals surface area contributed by atoms with Crippen LogP contribution in [0.1, 0.15) is 41.3 Å². The monoisotopic (exact) mass is 489 g/mol. The molecule has 1 saturated carbocycles. The van der Waals surface area contributed by atoms with Crippen LogP contribution < -0.4 is 10.1 Å². The number of carbonyl (C=O) groups is 1. The van der Waals surface area contributed by atoms with Crippen molar-refractivity contribution >= 4 is 27.1 Å². The van der Waals surface area contributed by atoms with Crippen molar-refractivity contribution in [2.24, 2.45) is 0 Å². The van der Waals surface area contributed by atoms with Crippen LogP contribution in [0.2, 0.25) is 0 Å². The number of methoxy groups -OCH3 is 1. The lowest BCUT2D eigenvalue weighted by Crippen LogP contribution is -2.32. The Bertz CT molecular complexity index is 1240. The van der Waals surface area contributed by atoms with Crippen molar-refractivity contribution in [3.8, 4) is 16.5 Å². The van der Waals surface area contributed by atoms with Crippen molar-refractivity contribution in [3.05, 3.63) is 47.6 Å². The van der Waals surface area contributed by atoms with E-state index in [2.05, 4.69) is 25.3 Å². The maximum atomic E-state index is 12.9. The molecule has 1 amide bonds. The summed E-state index contributed by atoms with van der Waals surface area (Å²) in [6.45, 7) is 2.43. The Kier molecular flexibility index (Phi) is 6.96. The number of hydrogen-bond acceptors (Lipinski definition) is 10. The van der Waals surface area contributed by atoms with Gasteiger partial charge in [0.1, 0.15) is 5.69 Å². The van der Waals surface area contributed by atoms with E-state index in [4.69, 9.17) is 9.47 Å². The van der Waals surface area contributed by atoms with Crippen LogP contribution in [0.3, 0.4) is 0 Å². The minimum Gasteiger partial charge on any atom is -0.477 e. The molecule has 0 saturated heterocycles. The summed E-state index contributed by atoms with van der Waals surface area (Å²) in [5.41, 5.74) is 0.949. The van der Waals surface area contributed by atoms with E-state index >= 15 is 0 Å². The minimum absolute atomic E-state index is 0.117. The highest BCUT2D eigenvalue weighted by Crippen LogP contribution is 2.34. The van der Waals surface area contributed by atoms with Crippen LogP contribution in [0.4, 0.5) is 0 Å². The van der Waals surface area contributed by atoms with E-state index in [1.807, 2.05) is 6.92 Å². The number of nitrogens with one attached hydrogen (secondary N) is 1. The van der Waals surface area contributed by atoms with Gasteiger partial charge in [0.2, 0.25) is 5.88 Å². The molecule has 10 nitrogen and oxygen atoms in total. The molecule has 3 aromatic heterocycles. The molecule has 1 aliphatic rings. The van der Waals surface area contributed by atoms with Crippen LogP contribution in [0.15, 0.2) is 41.8 Å². The lowest BCUT2D eigenvalue weighted by atomic mass is 10.2. The number of carbonyl (C=O) groups excluding carboxylic acids is 1. The second kappa shape index (κ2) is 9.89. The number of rotatable bonds is 10. The predicted octanol–water partition coefficient (Wildman–Crippen LogP) is 2.45. The van der Waals surface area contributed by atoms with Gasteiger partial charge in [-0.25, -0.2) is 18.4 Å². The van der Waals surface area contributed by atoms with Crippen LogP contribution in [-0.4, -0.2) is 59.8 Å². The van der Waals surface area contributed by atoms with Gasteiger partial charge in [0.25, 0.3) is 5.91 Å². The highest BCUT2D eigenvalue weighted by molar-refractivity contribution is 7.92. The van der Waals surface area contributed by atoms with E-state index in [9.17, 15) is 13.2 Å². The van der Waals surface area contributed by atoms with E-state index in [-0.39, 0.29) is 21.8 Å². The SMILES string of the molecule is CCOc1cncc(-c2cnc(C(=O)NC(COC)c3cc(S(=O)(=O)C4CC4)ccn3)s2)n1. The molecule has 33 heavy (non-hydrogen) atoms. The fourth-order valence-electron chi connectivity index (χ4n) is 3.14. The molecular formula is C21H23N5O5S2. The Hall–Kier alpha value is -2.96. The third-order valence-electron chi connectivity index (χ3n) is 4.90. The number of hydrogen-bond donors (Lipinski definition) is 1. The summed E-state index contributed by atoms with van der Waals surface area (Å²) in [5, 5.41) is 2.72. The summed E-state index contributed by atoms with van der Waals surface area (Å²) in [4.78, 5) is 30.7. The largest absolute Gasteiger partial charge is 0.477 e. The van der Waals surface area contributed by atoms with Crippen LogP contribution in [0, 0.1) is 0 Å². The first-order valence-corrected chi connectivity index (χ1v) is 12.7. The average Bonchev–Trinajstić information content (AvgIpc) is 3.57. The molecular weight excluding hydrogens is 466 g/mol. The van der Waals surface area contributed by atoms with Crippen molar-refractivity contribution in [2.75, 3.05) is 20.3 Å². The van der Waals surface area contributed by atoms with Crippen LogP contribution in [0.25, 0.3) is 10.6 Å². The zero-order valence-corrected chi connectivity index (χ0v) is 19.7. The Morgan fingerprint density at radius 1 is 1.27 bits per heavy atom. The van der Waals surface area contributed by atoms with Crippen LogP contribution in [-0.2, 0) is 14.6 Å². The fraction of sp³-hybridized carbons (Fsp3) is 0.381. The van der Waals surface area contributed by atoms with Gasteiger partial charge in [-0.05, 0) is 31.9 Å². The molecule has 0 aliphatic heterocycles. The van der Waals surface area contributed by atoms with E-state index in [0.717, 1.165) is 11.3 Å². The van der Waals surface area contributed by atoms with E-state index < -0.39 is 21.8 Å². The van der Waals surface area contributed by atoms with E-state index in [1.165, 1.54) is 31.6 Å². The summed E-state index contributed by atoms with van der Waals surface area (Å²) in [5.74, 6) is -0.0406. The van der Waals surface area contributed by atoms with Gasteiger partial charge in [-0.2, -0.15) is 0 Å². The summed E-state index contributed by atoms with van der Waals surface area (Å²) >= 11 is 1.16. The summed E-state index contributed by atoms with van der Waals surface area (Å²) < 4.78 is 35.8. The molecule has 0 radical (unpaired) electrons. The van der Waals surface area contributed by atoms with Crippen LogP contribution in [0.5, 0.6) is 5.88 Å². The topological polar surface area (TPSA) is 133 Å². The van der Waals surface area contributed by atoms with Crippen molar-refractivity contribution in [2.45, 2.75) is 36.0 Å². The maximum Gasteiger partial charge on any atom is 0.280 e. The van der Waals surface area contributed by atoms with Gasteiger partial charge in [-0.15, -0.1) is 11.3 Å². The molecule has 12 heteroatoms. The smallest absolute Gasteiger partial charge is 0.280 e. The van der Waals surface area contributed by atoms with Crippen molar-refractivity contribution in [1.82, 2.24) is 25.3 Å². The van der Waals surface area contributed by atoms with Gasteiger partial charge in [-0.3, -0.25) is 14.8 Å². The Balaban J connectivity index is 1.52. The second-order valence-corrected chi connectivity index (χ2v) is 10.6. The van der Waals surface area contributed by atoms with Gasteiger partial charge >= 0.3 is 0 Å². The Morgan fingerprint density at radius 3 is 2.82 bits per heavy atom. The standard InChI is InChI=1S/C21H23N5O5S2/c1-3-31-19-11-22-9-16(25-19)18-10-24-21(32-18)20(27)26-17(12-30-2)15-8-14(6-7-23-15)33(28,29)13-4-5-13/h6-11,13,17H,3-5,12H2,1-2H3,(H,26,27). The molecule has 1 atom stereocenters. The van der Waals surface area contributed by atoms with Gasteiger partial charge in [0.15, 0.2) is 14.8 Å². The molecule has 0 spiro atoms. The third-order valence-corrected chi connectivity index (χ3v) is 8.18. The molecule has 174 valence electrons. The van der Waals surface area contributed by atoms with Gasteiger partial charge < -0.3 is 14.8 Å². The number of thiazole rings is 1. The van der Waals surface area contributed by atoms with E-state index in [0.29, 0.717) is 41.6 Å².